The summed E-state index contributed by atoms with van der Waals surface area (Å²) in [6, 6.07) is 7.62. The van der Waals surface area contributed by atoms with Crippen LogP contribution in [0, 0.1) is 17.0 Å². The first-order valence-corrected chi connectivity index (χ1v) is 6.73. The molecule has 1 atom stereocenters. The van der Waals surface area contributed by atoms with Crippen LogP contribution in [-0.2, 0) is 0 Å². The summed E-state index contributed by atoms with van der Waals surface area (Å²) >= 11 is 0. The van der Waals surface area contributed by atoms with Crippen molar-refractivity contribution in [2.75, 3.05) is 6.54 Å². The average Bonchev–Trinajstić information content (AvgIpc) is 3.01. The average molecular weight is 304 g/mol. The third-order valence-corrected chi connectivity index (χ3v) is 3.24. The quantitative estimate of drug-likeness (QED) is 0.629. The van der Waals surface area contributed by atoms with Crippen LogP contribution in [-0.4, -0.2) is 22.5 Å². The van der Waals surface area contributed by atoms with Gasteiger partial charge in [0.15, 0.2) is 0 Å². The number of nitrogens with zero attached hydrogens (tertiary/aromatic N) is 1. The Morgan fingerprint density at radius 3 is 2.86 bits per heavy atom. The number of carbonyl (C=O) groups excluding carboxylic acids is 1. The standard InChI is InChI=1S/C15H16N2O5/c1-10-4-5-11(9-12(10)17(20)21)15(19)16-7-6-13(18)14-3-2-8-22-14/h2-5,8-9,13,18H,6-7H2,1H3,(H,16,19). The molecule has 1 aromatic carbocycles. The molecule has 0 saturated carbocycles. The molecule has 2 aromatic rings. The summed E-state index contributed by atoms with van der Waals surface area (Å²) in [6.07, 6.45) is 0.943. The summed E-state index contributed by atoms with van der Waals surface area (Å²) in [6.45, 7) is 1.84. The van der Waals surface area contributed by atoms with Gasteiger partial charge in [0.05, 0.1) is 11.2 Å². The van der Waals surface area contributed by atoms with Crippen LogP contribution in [0.3, 0.4) is 0 Å². The molecule has 0 saturated heterocycles. The van der Waals surface area contributed by atoms with Gasteiger partial charge in [-0.1, -0.05) is 6.07 Å². The highest BCUT2D eigenvalue weighted by Gasteiger charge is 2.15. The van der Waals surface area contributed by atoms with Crippen LogP contribution >= 0.6 is 0 Å². The molecule has 2 N–H and O–H groups in total. The maximum absolute atomic E-state index is 12.0. The maximum Gasteiger partial charge on any atom is 0.273 e. The van der Waals surface area contributed by atoms with Crippen molar-refractivity contribution in [3.63, 3.8) is 0 Å². The SMILES string of the molecule is Cc1ccc(C(=O)NCCC(O)c2ccco2)cc1[N+](=O)[O-]. The number of aryl methyl sites for hydroxylation is 1. The van der Waals surface area contributed by atoms with Crippen LogP contribution < -0.4 is 5.32 Å². The highest BCUT2D eigenvalue weighted by Crippen LogP contribution is 2.19. The Balaban J connectivity index is 1.92. The van der Waals surface area contributed by atoms with E-state index < -0.39 is 16.9 Å². The van der Waals surface area contributed by atoms with Gasteiger partial charge >= 0.3 is 0 Å². The number of benzene rings is 1. The topological polar surface area (TPSA) is 106 Å². The molecule has 0 aliphatic heterocycles. The van der Waals surface area contributed by atoms with Gasteiger partial charge < -0.3 is 14.8 Å². The summed E-state index contributed by atoms with van der Waals surface area (Å²) in [5, 5.41) is 23.3. The number of rotatable bonds is 6. The lowest BCUT2D eigenvalue weighted by Gasteiger charge is -2.09. The van der Waals surface area contributed by atoms with Gasteiger partial charge in [0.25, 0.3) is 11.6 Å². The fourth-order valence-electron chi connectivity index (χ4n) is 1.99. The van der Waals surface area contributed by atoms with Gasteiger partial charge in [0.2, 0.25) is 0 Å². The highest BCUT2D eigenvalue weighted by molar-refractivity contribution is 5.94. The largest absolute Gasteiger partial charge is 0.467 e. The number of hydrogen-bond donors (Lipinski definition) is 2. The van der Waals surface area contributed by atoms with Crippen molar-refractivity contribution < 1.29 is 19.2 Å². The normalized spacial score (nSPS) is 11.9. The number of hydrogen-bond acceptors (Lipinski definition) is 5. The zero-order valence-electron chi connectivity index (χ0n) is 12.0. The minimum Gasteiger partial charge on any atom is -0.467 e. The zero-order valence-corrected chi connectivity index (χ0v) is 12.0. The first-order chi connectivity index (χ1) is 10.5. The molecular weight excluding hydrogens is 288 g/mol. The van der Waals surface area contributed by atoms with Crippen LogP contribution in [0.15, 0.2) is 41.0 Å². The summed E-state index contributed by atoms with van der Waals surface area (Å²) in [7, 11) is 0. The van der Waals surface area contributed by atoms with Crippen LogP contribution in [0.4, 0.5) is 5.69 Å². The lowest BCUT2D eigenvalue weighted by Crippen LogP contribution is -2.25. The molecule has 22 heavy (non-hydrogen) atoms. The van der Waals surface area contributed by atoms with Crippen molar-refractivity contribution in [2.24, 2.45) is 0 Å². The van der Waals surface area contributed by atoms with E-state index in [4.69, 9.17) is 4.42 Å². The van der Waals surface area contributed by atoms with Crippen molar-refractivity contribution in [3.8, 4) is 0 Å². The summed E-state index contributed by atoms with van der Waals surface area (Å²) in [5.74, 6) is 0.00923. The molecule has 1 amide bonds. The molecule has 1 heterocycles. The van der Waals surface area contributed by atoms with Crippen molar-refractivity contribution in [2.45, 2.75) is 19.4 Å². The number of aliphatic hydroxyl groups excluding tert-OH is 1. The molecule has 7 nitrogen and oxygen atoms in total. The number of amides is 1. The van der Waals surface area contributed by atoms with E-state index in [9.17, 15) is 20.0 Å². The van der Waals surface area contributed by atoms with Gasteiger partial charge in [-0.2, -0.15) is 0 Å². The van der Waals surface area contributed by atoms with Crippen molar-refractivity contribution in [3.05, 3.63) is 63.6 Å². The number of nitro benzene ring substituents is 1. The Hall–Kier alpha value is -2.67. The molecule has 0 radical (unpaired) electrons. The smallest absolute Gasteiger partial charge is 0.273 e. The molecule has 2 rings (SSSR count). The first-order valence-electron chi connectivity index (χ1n) is 6.73. The Bertz CT molecular complexity index is 667. The lowest BCUT2D eigenvalue weighted by atomic mass is 10.1. The Labute approximate surface area is 126 Å². The second-order valence-electron chi connectivity index (χ2n) is 4.83. The van der Waals surface area contributed by atoms with E-state index in [2.05, 4.69) is 5.32 Å². The van der Waals surface area contributed by atoms with Gasteiger partial charge in [-0.05, 0) is 31.5 Å². The predicted octanol–water partition coefficient (Wildman–Crippen LogP) is 2.35. The fourth-order valence-corrected chi connectivity index (χ4v) is 1.99. The predicted molar refractivity (Wildman–Crippen MR) is 78.5 cm³/mol. The number of furan rings is 1. The van der Waals surface area contributed by atoms with Crippen molar-refractivity contribution >= 4 is 11.6 Å². The molecule has 0 fully saturated rings. The zero-order chi connectivity index (χ0) is 16.1. The monoisotopic (exact) mass is 304 g/mol. The Morgan fingerprint density at radius 2 is 2.23 bits per heavy atom. The molecule has 0 bridgehead atoms. The second-order valence-corrected chi connectivity index (χ2v) is 4.83. The first kappa shape index (κ1) is 15.7. The van der Waals surface area contributed by atoms with E-state index in [0.717, 1.165) is 0 Å². The van der Waals surface area contributed by atoms with Gasteiger partial charge in [0, 0.05) is 23.7 Å². The van der Waals surface area contributed by atoms with E-state index in [-0.39, 0.29) is 24.2 Å². The molecule has 116 valence electrons. The number of carbonyl (C=O) groups is 1. The highest BCUT2D eigenvalue weighted by atomic mass is 16.6. The molecule has 1 aromatic heterocycles. The van der Waals surface area contributed by atoms with Gasteiger partial charge in [-0.15, -0.1) is 0 Å². The summed E-state index contributed by atoms with van der Waals surface area (Å²) < 4.78 is 5.06. The lowest BCUT2D eigenvalue weighted by molar-refractivity contribution is -0.385. The number of nitro groups is 1. The van der Waals surface area contributed by atoms with Crippen LogP contribution in [0.5, 0.6) is 0 Å². The van der Waals surface area contributed by atoms with Gasteiger partial charge in [-0.25, -0.2) is 0 Å². The summed E-state index contributed by atoms with van der Waals surface area (Å²) in [5.41, 5.74) is 0.614. The minimum atomic E-state index is -0.803. The molecule has 1 unspecified atom stereocenters. The second kappa shape index (κ2) is 6.86. The number of nitrogens with one attached hydrogen (secondary N) is 1. The Morgan fingerprint density at radius 1 is 1.45 bits per heavy atom. The molecule has 0 aliphatic carbocycles. The maximum atomic E-state index is 12.0. The Kier molecular flexibility index (Phi) is 4.90. The van der Waals surface area contributed by atoms with Crippen LogP contribution in [0.25, 0.3) is 0 Å². The molecule has 7 heteroatoms. The van der Waals surface area contributed by atoms with Gasteiger partial charge in [0.1, 0.15) is 11.9 Å². The summed E-state index contributed by atoms with van der Waals surface area (Å²) in [4.78, 5) is 22.3. The van der Waals surface area contributed by atoms with Crippen LogP contribution in [0.1, 0.15) is 34.2 Å². The van der Waals surface area contributed by atoms with Crippen molar-refractivity contribution in [1.29, 1.82) is 0 Å². The van der Waals surface area contributed by atoms with E-state index >= 15 is 0 Å². The van der Waals surface area contributed by atoms with E-state index in [0.29, 0.717) is 11.3 Å². The van der Waals surface area contributed by atoms with Crippen LogP contribution in [0.2, 0.25) is 0 Å². The molecule has 0 aliphatic rings. The minimum absolute atomic E-state index is 0.0942. The molecular formula is C15H16N2O5. The van der Waals surface area contributed by atoms with Crippen molar-refractivity contribution in [1.82, 2.24) is 5.32 Å². The van der Waals surface area contributed by atoms with Gasteiger partial charge in [-0.3, -0.25) is 14.9 Å². The third kappa shape index (κ3) is 3.70. The van der Waals surface area contributed by atoms with E-state index in [1.54, 1.807) is 19.1 Å². The van der Waals surface area contributed by atoms with E-state index in [1.165, 1.54) is 24.5 Å². The number of aliphatic hydroxyl groups is 1. The molecule has 0 spiro atoms. The van der Waals surface area contributed by atoms with E-state index in [1.807, 2.05) is 0 Å². The third-order valence-electron chi connectivity index (χ3n) is 3.24. The fraction of sp³-hybridized carbons (Fsp3) is 0.267.